The van der Waals surface area contributed by atoms with Crippen molar-refractivity contribution in [3.63, 3.8) is 0 Å². The van der Waals surface area contributed by atoms with E-state index in [9.17, 15) is 13.6 Å². The second-order valence-corrected chi connectivity index (χ2v) is 4.99. The van der Waals surface area contributed by atoms with Gasteiger partial charge < -0.3 is 10.1 Å². The summed E-state index contributed by atoms with van der Waals surface area (Å²) < 4.78 is 30.5. The molecule has 1 aliphatic carbocycles. The number of nitrogens with one attached hydrogen (secondary N) is 1. The number of methoxy groups -OCH3 is 1. The SMILES string of the molecule is C=Cc1cc(CC(=O)NC2CC(F)(F)C2)ccc1OC. The molecule has 0 aliphatic heterocycles. The first-order valence-electron chi connectivity index (χ1n) is 6.40. The molecular weight excluding hydrogens is 264 g/mol. The fraction of sp³-hybridized carbons (Fsp3) is 0.400. The predicted molar refractivity (Wildman–Crippen MR) is 72.9 cm³/mol. The summed E-state index contributed by atoms with van der Waals surface area (Å²) in [6.45, 7) is 3.68. The van der Waals surface area contributed by atoms with Crippen molar-refractivity contribution in [1.29, 1.82) is 0 Å². The molecule has 108 valence electrons. The number of benzene rings is 1. The van der Waals surface area contributed by atoms with Gasteiger partial charge in [0.05, 0.1) is 13.5 Å². The maximum absolute atomic E-state index is 12.7. The molecule has 1 aromatic rings. The van der Waals surface area contributed by atoms with Gasteiger partial charge in [-0.3, -0.25) is 4.79 Å². The molecule has 20 heavy (non-hydrogen) atoms. The third kappa shape index (κ3) is 3.35. The average Bonchev–Trinajstić information content (AvgIpc) is 2.36. The van der Waals surface area contributed by atoms with Gasteiger partial charge in [-0.15, -0.1) is 0 Å². The summed E-state index contributed by atoms with van der Waals surface area (Å²) in [4.78, 5) is 11.8. The standard InChI is InChI=1S/C15H17F2NO2/c1-3-11-6-10(4-5-13(11)20-2)7-14(19)18-12-8-15(16,17)9-12/h3-6,12H,1,7-9H2,2H3,(H,18,19). The molecule has 0 aromatic heterocycles. The highest BCUT2D eigenvalue weighted by Crippen LogP contribution is 2.37. The molecule has 0 unspecified atom stereocenters. The van der Waals surface area contributed by atoms with Gasteiger partial charge in [-0.1, -0.05) is 18.7 Å². The predicted octanol–water partition coefficient (Wildman–Crippen LogP) is 2.79. The Morgan fingerprint density at radius 2 is 2.25 bits per heavy atom. The third-order valence-corrected chi connectivity index (χ3v) is 3.33. The lowest BCUT2D eigenvalue weighted by Gasteiger charge is -2.35. The van der Waals surface area contributed by atoms with E-state index in [0.717, 1.165) is 11.1 Å². The van der Waals surface area contributed by atoms with Crippen LogP contribution in [0.2, 0.25) is 0 Å². The maximum Gasteiger partial charge on any atom is 0.252 e. The molecule has 0 heterocycles. The average molecular weight is 281 g/mol. The van der Waals surface area contributed by atoms with E-state index in [2.05, 4.69) is 11.9 Å². The number of carbonyl (C=O) groups is 1. The minimum Gasteiger partial charge on any atom is -0.496 e. The van der Waals surface area contributed by atoms with Crippen molar-refractivity contribution in [2.24, 2.45) is 0 Å². The molecule has 0 radical (unpaired) electrons. The van der Waals surface area contributed by atoms with E-state index in [1.165, 1.54) is 0 Å². The van der Waals surface area contributed by atoms with Crippen molar-refractivity contribution in [3.8, 4) is 5.75 Å². The van der Waals surface area contributed by atoms with Crippen molar-refractivity contribution in [2.45, 2.75) is 31.2 Å². The Morgan fingerprint density at radius 1 is 1.55 bits per heavy atom. The van der Waals surface area contributed by atoms with E-state index in [1.54, 1.807) is 31.4 Å². The van der Waals surface area contributed by atoms with Crippen LogP contribution in [-0.2, 0) is 11.2 Å². The van der Waals surface area contributed by atoms with Gasteiger partial charge in [-0.2, -0.15) is 0 Å². The van der Waals surface area contributed by atoms with Gasteiger partial charge in [0.1, 0.15) is 5.75 Å². The molecule has 1 aliphatic rings. The van der Waals surface area contributed by atoms with Crippen LogP contribution < -0.4 is 10.1 Å². The van der Waals surface area contributed by atoms with Crippen molar-refractivity contribution in [1.82, 2.24) is 5.32 Å². The summed E-state index contributed by atoms with van der Waals surface area (Å²) in [7, 11) is 1.56. The Labute approximate surface area is 116 Å². The first-order chi connectivity index (χ1) is 9.43. The highest BCUT2D eigenvalue weighted by atomic mass is 19.3. The van der Waals surface area contributed by atoms with Crippen LogP contribution in [0, 0.1) is 0 Å². The van der Waals surface area contributed by atoms with Crippen LogP contribution in [0.5, 0.6) is 5.75 Å². The molecule has 1 fully saturated rings. The zero-order valence-electron chi connectivity index (χ0n) is 11.3. The van der Waals surface area contributed by atoms with Crippen molar-refractivity contribution in [2.75, 3.05) is 7.11 Å². The maximum atomic E-state index is 12.7. The molecule has 5 heteroatoms. The summed E-state index contributed by atoms with van der Waals surface area (Å²) >= 11 is 0. The van der Waals surface area contributed by atoms with Gasteiger partial charge in [-0.05, 0) is 17.7 Å². The first kappa shape index (κ1) is 14.5. The summed E-state index contributed by atoms with van der Waals surface area (Å²) in [5, 5.41) is 2.61. The Kier molecular flexibility index (Phi) is 4.06. The lowest BCUT2D eigenvalue weighted by atomic mass is 9.88. The number of hydrogen-bond acceptors (Lipinski definition) is 2. The second-order valence-electron chi connectivity index (χ2n) is 4.99. The molecular formula is C15H17F2NO2. The van der Waals surface area contributed by atoms with Crippen LogP contribution >= 0.6 is 0 Å². The molecule has 1 aromatic carbocycles. The third-order valence-electron chi connectivity index (χ3n) is 3.33. The summed E-state index contributed by atoms with van der Waals surface area (Å²) in [6, 6.07) is 4.94. The highest BCUT2D eigenvalue weighted by molar-refractivity contribution is 5.79. The van der Waals surface area contributed by atoms with E-state index >= 15 is 0 Å². The molecule has 1 amide bonds. The van der Waals surface area contributed by atoms with Gasteiger partial charge in [0, 0.05) is 24.4 Å². The van der Waals surface area contributed by atoms with Gasteiger partial charge in [-0.25, -0.2) is 8.78 Å². The summed E-state index contributed by atoms with van der Waals surface area (Å²) in [5.41, 5.74) is 1.59. The Hall–Kier alpha value is -1.91. The fourth-order valence-electron chi connectivity index (χ4n) is 2.28. The molecule has 0 saturated heterocycles. The van der Waals surface area contributed by atoms with E-state index in [-0.39, 0.29) is 25.2 Å². The molecule has 0 spiro atoms. The Balaban J connectivity index is 1.93. The lowest BCUT2D eigenvalue weighted by molar-refractivity contribution is -0.128. The number of halogens is 2. The first-order valence-corrected chi connectivity index (χ1v) is 6.40. The van der Waals surface area contributed by atoms with Crippen LogP contribution in [0.25, 0.3) is 6.08 Å². The van der Waals surface area contributed by atoms with Gasteiger partial charge >= 0.3 is 0 Å². The van der Waals surface area contributed by atoms with E-state index < -0.39 is 12.0 Å². The normalized spacial score (nSPS) is 17.1. The van der Waals surface area contributed by atoms with Gasteiger partial charge in [0.2, 0.25) is 5.91 Å². The summed E-state index contributed by atoms with van der Waals surface area (Å²) in [5.74, 6) is -2.18. The monoisotopic (exact) mass is 281 g/mol. The number of hydrogen-bond donors (Lipinski definition) is 1. The minimum atomic E-state index is -2.62. The van der Waals surface area contributed by atoms with Crippen LogP contribution in [0.3, 0.4) is 0 Å². The smallest absolute Gasteiger partial charge is 0.252 e. The molecule has 1 N–H and O–H groups in total. The van der Waals surface area contributed by atoms with E-state index in [4.69, 9.17) is 4.74 Å². The molecule has 3 nitrogen and oxygen atoms in total. The summed E-state index contributed by atoms with van der Waals surface area (Å²) in [6.07, 6.45) is 1.28. The topological polar surface area (TPSA) is 38.3 Å². The minimum absolute atomic E-state index is 0.160. The Bertz CT molecular complexity index is 521. The highest BCUT2D eigenvalue weighted by Gasteiger charge is 2.45. The number of rotatable bonds is 5. The van der Waals surface area contributed by atoms with E-state index in [1.807, 2.05) is 0 Å². The van der Waals surface area contributed by atoms with E-state index in [0.29, 0.717) is 5.75 Å². The lowest BCUT2D eigenvalue weighted by Crippen LogP contribution is -2.50. The van der Waals surface area contributed by atoms with Crippen molar-refractivity contribution in [3.05, 3.63) is 35.9 Å². The number of alkyl halides is 2. The van der Waals surface area contributed by atoms with Gasteiger partial charge in [0.15, 0.2) is 0 Å². The largest absolute Gasteiger partial charge is 0.496 e. The fourth-order valence-corrected chi connectivity index (χ4v) is 2.28. The molecule has 0 bridgehead atoms. The molecule has 0 atom stereocenters. The van der Waals surface area contributed by atoms with Crippen LogP contribution in [0.1, 0.15) is 24.0 Å². The zero-order valence-corrected chi connectivity index (χ0v) is 11.3. The van der Waals surface area contributed by atoms with Crippen LogP contribution in [0.4, 0.5) is 8.78 Å². The second kappa shape index (κ2) is 5.61. The zero-order chi connectivity index (χ0) is 14.8. The molecule has 2 rings (SSSR count). The Morgan fingerprint density at radius 3 is 2.80 bits per heavy atom. The number of ether oxygens (including phenoxy) is 1. The number of carbonyl (C=O) groups excluding carboxylic acids is 1. The van der Waals surface area contributed by atoms with Crippen LogP contribution in [-0.4, -0.2) is 25.0 Å². The van der Waals surface area contributed by atoms with Crippen LogP contribution in [0.15, 0.2) is 24.8 Å². The number of amides is 1. The van der Waals surface area contributed by atoms with Crippen molar-refractivity contribution >= 4 is 12.0 Å². The van der Waals surface area contributed by atoms with Gasteiger partial charge in [0.25, 0.3) is 5.92 Å². The van der Waals surface area contributed by atoms with Crippen molar-refractivity contribution < 1.29 is 18.3 Å². The quantitative estimate of drug-likeness (QED) is 0.901. The molecule has 1 saturated carbocycles.